The number of hydrogen-bond donors (Lipinski definition) is 0. The Morgan fingerprint density at radius 3 is 2.68 bits per heavy atom. The minimum Gasteiger partial charge on any atom is -0.336 e. The fraction of sp³-hybridized carbons (Fsp3) is 0.556. The number of hydrogen-bond acceptors (Lipinski definition) is 3. The van der Waals surface area contributed by atoms with Crippen molar-refractivity contribution in [2.75, 3.05) is 26.2 Å². The fourth-order valence-corrected chi connectivity index (χ4v) is 3.81. The number of Topliss-reactive ketones (excluding diaryl/α,β-unsaturated/α-hetero) is 1. The molecule has 1 aliphatic carbocycles. The molecule has 1 saturated heterocycles. The molecule has 1 heterocycles. The normalized spacial score (nSPS) is 21.0. The molecule has 1 amide bonds. The van der Waals surface area contributed by atoms with Crippen molar-refractivity contribution >= 4 is 11.7 Å². The predicted octanol–water partition coefficient (Wildman–Crippen LogP) is 2.37. The molecule has 2 aliphatic rings. The Hall–Kier alpha value is -1.68. The summed E-state index contributed by atoms with van der Waals surface area (Å²) in [4.78, 5) is 29.2. The first-order valence-electron chi connectivity index (χ1n) is 8.13. The van der Waals surface area contributed by atoms with Crippen molar-refractivity contribution in [1.29, 1.82) is 0 Å². The van der Waals surface area contributed by atoms with Gasteiger partial charge in [-0.2, -0.15) is 0 Å². The van der Waals surface area contributed by atoms with Crippen molar-refractivity contribution in [3.63, 3.8) is 0 Å². The van der Waals surface area contributed by atoms with Gasteiger partial charge in [-0.3, -0.25) is 14.5 Å². The van der Waals surface area contributed by atoms with Gasteiger partial charge in [0.05, 0.1) is 0 Å². The van der Waals surface area contributed by atoms with Gasteiger partial charge in [-0.05, 0) is 38.4 Å². The minimum atomic E-state index is -0.00354. The van der Waals surface area contributed by atoms with E-state index in [0.717, 1.165) is 42.9 Å². The summed E-state index contributed by atoms with van der Waals surface area (Å²) < 4.78 is 0. The van der Waals surface area contributed by atoms with Crippen LogP contribution in [0.4, 0.5) is 0 Å². The smallest absolute Gasteiger partial charge is 0.254 e. The molecule has 4 heteroatoms. The van der Waals surface area contributed by atoms with Crippen molar-refractivity contribution in [2.24, 2.45) is 0 Å². The van der Waals surface area contributed by atoms with Gasteiger partial charge in [0.2, 0.25) is 0 Å². The molecule has 22 heavy (non-hydrogen) atoms. The van der Waals surface area contributed by atoms with E-state index < -0.39 is 0 Å². The summed E-state index contributed by atoms with van der Waals surface area (Å²) in [5.41, 5.74) is 2.42. The Labute approximate surface area is 132 Å². The molecule has 0 atom stereocenters. The molecule has 1 aliphatic heterocycles. The lowest BCUT2D eigenvalue weighted by Crippen LogP contribution is -2.60. The van der Waals surface area contributed by atoms with Crippen LogP contribution in [-0.2, 0) is 6.42 Å². The Morgan fingerprint density at radius 2 is 2.00 bits per heavy atom. The van der Waals surface area contributed by atoms with Gasteiger partial charge in [-0.1, -0.05) is 19.1 Å². The van der Waals surface area contributed by atoms with Gasteiger partial charge in [0.25, 0.3) is 5.91 Å². The minimum absolute atomic E-state index is 0.00354. The highest BCUT2D eigenvalue weighted by atomic mass is 16.2. The topological polar surface area (TPSA) is 40.6 Å². The van der Waals surface area contributed by atoms with E-state index in [4.69, 9.17) is 0 Å². The van der Waals surface area contributed by atoms with Crippen LogP contribution in [0, 0.1) is 0 Å². The van der Waals surface area contributed by atoms with Crippen molar-refractivity contribution in [2.45, 2.75) is 39.2 Å². The van der Waals surface area contributed by atoms with E-state index in [9.17, 15) is 9.59 Å². The molecule has 0 radical (unpaired) electrons. The van der Waals surface area contributed by atoms with E-state index >= 15 is 0 Å². The fourth-order valence-electron chi connectivity index (χ4n) is 3.81. The summed E-state index contributed by atoms with van der Waals surface area (Å²) >= 11 is 0. The number of rotatable bonds is 2. The Kier molecular flexibility index (Phi) is 3.81. The second kappa shape index (κ2) is 5.51. The third-order valence-electron chi connectivity index (χ3n) is 5.05. The van der Waals surface area contributed by atoms with Crippen LogP contribution in [0.3, 0.4) is 0 Å². The number of fused-ring (bicyclic) bond motifs is 1. The first-order valence-corrected chi connectivity index (χ1v) is 8.13. The summed E-state index contributed by atoms with van der Waals surface area (Å²) in [5, 5.41) is 0. The zero-order valence-corrected chi connectivity index (χ0v) is 13.7. The molecule has 0 unspecified atom stereocenters. The molecule has 1 aromatic carbocycles. The first kappa shape index (κ1) is 15.2. The Bertz CT molecular complexity index is 622. The van der Waals surface area contributed by atoms with Gasteiger partial charge < -0.3 is 4.90 Å². The molecule has 0 N–H and O–H groups in total. The molecule has 3 rings (SSSR count). The maximum atomic E-state index is 12.9. The first-order chi connectivity index (χ1) is 10.4. The van der Waals surface area contributed by atoms with Crippen molar-refractivity contribution < 1.29 is 9.59 Å². The molecular weight excluding hydrogens is 276 g/mol. The summed E-state index contributed by atoms with van der Waals surface area (Å²) in [6, 6.07) is 5.56. The number of amides is 1. The van der Waals surface area contributed by atoms with Gasteiger partial charge in [0, 0.05) is 42.7 Å². The van der Waals surface area contributed by atoms with E-state index in [0.29, 0.717) is 12.8 Å². The van der Waals surface area contributed by atoms with E-state index in [1.807, 2.05) is 23.1 Å². The van der Waals surface area contributed by atoms with E-state index in [1.165, 1.54) is 0 Å². The summed E-state index contributed by atoms with van der Waals surface area (Å²) in [5.74, 6) is 0.246. The largest absolute Gasteiger partial charge is 0.336 e. The van der Waals surface area contributed by atoms with Gasteiger partial charge in [-0.15, -0.1) is 0 Å². The van der Waals surface area contributed by atoms with Crippen molar-refractivity contribution in [3.8, 4) is 0 Å². The van der Waals surface area contributed by atoms with Crippen LogP contribution in [0.15, 0.2) is 18.2 Å². The predicted molar refractivity (Wildman–Crippen MR) is 86.3 cm³/mol. The van der Waals surface area contributed by atoms with E-state index in [-0.39, 0.29) is 17.2 Å². The van der Waals surface area contributed by atoms with Crippen LogP contribution >= 0.6 is 0 Å². The Balaban J connectivity index is 1.86. The molecular formula is C18H24N2O2. The van der Waals surface area contributed by atoms with Gasteiger partial charge >= 0.3 is 0 Å². The summed E-state index contributed by atoms with van der Waals surface area (Å²) in [6.07, 6.45) is 1.24. The number of nitrogens with zero attached hydrogens (tertiary/aromatic N) is 2. The van der Waals surface area contributed by atoms with Crippen LogP contribution in [0.25, 0.3) is 0 Å². The number of piperazine rings is 1. The molecule has 1 fully saturated rings. The molecule has 118 valence electrons. The number of carbonyl (C=O) groups is 2. The average molecular weight is 300 g/mol. The van der Waals surface area contributed by atoms with Crippen molar-refractivity contribution in [3.05, 3.63) is 34.9 Å². The van der Waals surface area contributed by atoms with Crippen LogP contribution in [-0.4, -0.2) is 53.2 Å². The highest BCUT2D eigenvalue weighted by Crippen LogP contribution is 2.28. The lowest BCUT2D eigenvalue weighted by Gasteiger charge is -2.46. The van der Waals surface area contributed by atoms with Crippen LogP contribution in [0.1, 0.15) is 53.5 Å². The van der Waals surface area contributed by atoms with Gasteiger partial charge in [-0.25, -0.2) is 0 Å². The lowest BCUT2D eigenvalue weighted by molar-refractivity contribution is 0.0209. The van der Waals surface area contributed by atoms with E-state index in [2.05, 4.69) is 25.7 Å². The van der Waals surface area contributed by atoms with Crippen molar-refractivity contribution in [1.82, 2.24) is 9.80 Å². The quantitative estimate of drug-likeness (QED) is 0.842. The van der Waals surface area contributed by atoms with Gasteiger partial charge in [0.1, 0.15) is 0 Å². The third-order valence-corrected chi connectivity index (χ3v) is 5.05. The zero-order valence-electron chi connectivity index (χ0n) is 13.7. The molecule has 4 nitrogen and oxygen atoms in total. The Morgan fingerprint density at radius 1 is 1.23 bits per heavy atom. The molecule has 0 aromatic heterocycles. The summed E-state index contributed by atoms with van der Waals surface area (Å²) in [6.45, 7) is 9.94. The third kappa shape index (κ3) is 2.45. The van der Waals surface area contributed by atoms with Gasteiger partial charge in [0.15, 0.2) is 5.78 Å². The maximum absolute atomic E-state index is 12.9. The number of benzene rings is 1. The second-order valence-electron chi connectivity index (χ2n) is 6.87. The monoisotopic (exact) mass is 300 g/mol. The number of carbonyl (C=O) groups excluding carboxylic acids is 2. The maximum Gasteiger partial charge on any atom is 0.254 e. The standard InChI is InChI=1S/C18H24N2O2/c1-4-20-11-10-19(12-18(20,2)3)17(22)15-7-5-6-14-13(15)8-9-16(14)21/h5-7H,4,8-12H2,1-3H3. The SMILES string of the molecule is CCN1CCN(C(=O)c2cccc3c2CCC3=O)CC1(C)C. The van der Waals surface area contributed by atoms with Crippen LogP contribution in [0.2, 0.25) is 0 Å². The number of ketones is 1. The molecule has 0 spiro atoms. The highest BCUT2D eigenvalue weighted by molar-refractivity contribution is 6.05. The average Bonchev–Trinajstić information content (AvgIpc) is 2.87. The second-order valence-corrected chi connectivity index (χ2v) is 6.87. The summed E-state index contributed by atoms with van der Waals surface area (Å²) in [7, 11) is 0. The molecule has 0 bridgehead atoms. The molecule has 0 saturated carbocycles. The zero-order chi connectivity index (χ0) is 15.9. The van der Waals surface area contributed by atoms with E-state index in [1.54, 1.807) is 0 Å². The van der Waals surface area contributed by atoms with Crippen LogP contribution in [0.5, 0.6) is 0 Å². The highest BCUT2D eigenvalue weighted by Gasteiger charge is 2.36. The molecule has 1 aromatic rings. The van der Waals surface area contributed by atoms with Crippen LogP contribution < -0.4 is 0 Å². The lowest BCUT2D eigenvalue weighted by atomic mass is 9.96. The number of likely N-dealkylation sites (N-methyl/N-ethyl adjacent to an activating group) is 1.